The summed E-state index contributed by atoms with van der Waals surface area (Å²) in [5, 5.41) is 8.81. The van der Waals surface area contributed by atoms with Crippen molar-refractivity contribution in [1.29, 1.82) is 0 Å². The van der Waals surface area contributed by atoms with Crippen molar-refractivity contribution < 1.29 is 19.4 Å². The summed E-state index contributed by atoms with van der Waals surface area (Å²) in [6, 6.07) is 3.67. The molecule has 0 aromatic heterocycles. The minimum Gasteiger partial charge on any atom is -0.494 e. The zero-order chi connectivity index (χ0) is 11.5. The Morgan fingerprint density at radius 3 is 3.06 bits per heavy atom. The fourth-order valence-electron chi connectivity index (χ4n) is 1.84. The van der Waals surface area contributed by atoms with Crippen LogP contribution in [-0.2, 0) is 17.6 Å². The highest BCUT2D eigenvalue weighted by molar-refractivity contribution is 5.72. The molecular formula is C12H14O4. The van der Waals surface area contributed by atoms with Crippen molar-refractivity contribution in [1.82, 2.24) is 0 Å². The molecule has 0 saturated carbocycles. The van der Waals surface area contributed by atoms with Gasteiger partial charge in [0.2, 0.25) is 0 Å². The summed E-state index contributed by atoms with van der Waals surface area (Å²) < 4.78 is 10.8. The Kier molecular flexibility index (Phi) is 2.99. The van der Waals surface area contributed by atoms with Crippen LogP contribution in [0.4, 0.5) is 0 Å². The van der Waals surface area contributed by atoms with E-state index in [4.69, 9.17) is 14.6 Å². The molecule has 4 nitrogen and oxygen atoms in total. The van der Waals surface area contributed by atoms with Crippen LogP contribution in [0.5, 0.6) is 11.5 Å². The maximum Gasteiger partial charge on any atom is 0.307 e. The highest BCUT2D eigenvalue weighted by Crippen LogP contribution is 2.33. The van der Waals surface area contributed by atoms with Crippen molar-refractivity contribution in [2.45, 2.75) is 19.8 Å². The number of rotatable bonds is 4. The molecule has 1 aliphatic rings. The summed E-state index contributed by atoms with van der Waals surface area (Å²) >= 11 is 0. The average Bonchev–Trinajstić information content (AvgIpc) is 2.64. The fourth-order valence-corrected chi connectivity index (χ4v) is 1.84. The topological polar surface area (TPSA) is 55.8 Å². The van der Waals surface area contributed by atoms with Crippen LogP contribution in [0.1, 0.15) is 18.1 Å². The molecule has 1 N–H and O–H groups in total. The average molecular weight is 222 g/mol. The smallest absolute Gasteiger partial charge is 0.307 e. The summed E-state index contributed by atoms with van der Waals surface area (Å²) in [4.78, 5) is 10.7. The number of carboxylic acids is 1. The van der Waals surface area contributed by atoms with Gasteiger partial charge >= 0.3 is 5.97 Å². The molecule has 1 heterocycles. The van der Waals surface area contributed by atoms with Crippen molar-refractivity contribution in [3.05, 3.63) is 23.3 Å². The van der Waals surface area contributed by atoms with Gasteiger partial charge in [-0.05, 0) is 19.1 Å². The van der Waals surface area contributed by atoms with Crippen LogP contribution in [0.25, 0.3) is 0 Å². The summed E-state index contributed by atoms with van der Waals surface area (Å²) in [7, 11) is 0. The van der Waals surface area contributed by atoms with E-state index in [2.05, 4.69) is 0 Å². The van der Waals surface area contributed by atoms with Crippen LogP contribution in [0.2, 0.25) is 0 Å². The Labute approximate surface area is 93.8 Å². The Hall–Kier alpha value is -1.71. The second-order valence-electron chi connectivity index (χ2n) is 3.67. The summed E-state index contributed by atoms with van der Waals surface area (Å²) in [5.74, 6) is 0.591. The van der Waals surface area contributed by atoms with Gasteiger partial charge in [0.25, 0.3) is 0 Å². The number of carboxylic acid groups (broad SMARTS) is 1. The quantitative estimate of drug-likeness (QED) is 0.841. The van der Waals surface area contributed by atoms with Crippen LogP contribution in [0.3, 0.4) is 0 Å². The van der Waals surface area contributed by atoms with E-state index in [0.717, 1.165) is 17.7 Å². The summed E-state index contributed by atoms with van der Waals surface area (Å²) in [6.45, 7) is 3.08. The molecule has 1 aromatic rings. The van der Waals surface area contributed by atoms with E-state index in [-0.39, 0.29) is 6.42 Å². The first-order valence-corrected chi connectivity index (χ1v) is 5.34. The predicted molar refractivity (Wildman–Crippen MR) is 58.1 cm³/mol. The molecule has 4 heteroatoms. The van der Waals surface area contributed by atoms with Gasteiger partial charge < -0.3 is 14.6 Å². The molecule has 0 fully saturated rings. The number of ether oxygens (including phenoxy) is 2. The fraction of sp³-hybridized carbons (Fsp3) is 0.417. The van der Waals surface area contributed by atoms with E-state index in [1.54, 1.807) is 6.07 Å². The van der Waals surface area contributed by atoms with Crippen molar-refractivity contribution in [3.63, 3.8) is 0 Å². The molecule has 0 bridgehead atoms. The standard InChI is InChI=1S/C12H14O4/c1-2-15-11-5-8-3-4-16-10(8)6-9(11)7-12(13)14/h5-6H,2-4,7H2,1H3,(H,13,14). The molecule has 0 saturated heterocycles. The third-order valence-electron chi connectivity index (χ3n) is 2.51. The van der Waals surface area contributed by atoms with E-state index >= 15 is 0 Å². The minimum atomic E-state index is -0.862. The van der Waals surface area contributed by atoms with Gasteiger partial charge in [0.1, 0.15) is 11.5 Å². The van der Waals surface area contributed by atoms with Gasteiger partial charge in [-0.3, -0.25) is 4.79 Å². The van der Waals surface area contributed by atoms with Crippen molar-refractivity contribution in [2.75, 3.05) is 13.2 Å². The Morgan fingerprint density at radius 1 is 1.56 bits per heavy atom. The predicted octanol–water partition coefficient (Wildman–Crippen LogP) is 1.65. The normalized spacial score (nSPS) is 13.1. The second-order valence-corrected chi connectivity index (χ2v) is 3.67. The SMILES string of the molecule is CCOc1cc2c(cc1CC(=O)O)OCC2. The molecule has 86 valence electrons. The molecule has 1 aromatic carbocycles. The van der Waals surface area contributed by atoms with Gasteiger partial charge in [0, 0.05) is 17.5 Å². The molecule has 2 rings (SSSR count). The molecule has 1 aliphatic heterocycles. The Morgan fingerprint density at radius 2 is 2.38 bits per heavy atom. The monoisotopic (exact) mass is 222 g/mol. The van der Waals surface area contributed by atoms with Gasteiger partial charge in [-0.25, -0.2) is 0 Å². The maximum absolute atomic E-state index is 10.7. The van der Waals surface area contributed by atoms with Gasteiger partial charge in [-0.2, -0.15) is 0 Å². The van der Waals surface area contributed by atoms with E-state index in [0.29, 0.717) is 24.5 Å². The van der Waals surface area contributed by atoms with Gasteiger partial charge in [0.15, 0.2) is 0 Å². The van der Waals surface area contributed by atoms with E-state index in [9.17, 15) is 4.79 Å². The lowest BCUT2D eigenvalue weighted by Crippen LogP contribution is -2.04. The second kappa shape index (κ2) is 4.43. The molecule has 0 spiro atoms. The first-order chi connectivity index (χ1) is 7.70. The van der Waals surface area contributed by atoms with Gasteiger partial charge in [-0.15, -0.1) is 0 Å². The minimum absolute atomic E-state index is 0.0357. The first-order valence-electron chi connectivity index (χ1n) is 5.34. The molecule has 0 amide bonds. The first kappa shape index (κ1) is 10.8. The van der Waals surface area contributed by atoms with Crippen molar-refractivity contribution in [3.8, 4) is 11.5 Å². The van der Waals surface area contributed by atoms with Crippen LogP contribution >= 0.6 is 0 Å². The third-order valence-corrected chi connectivity index (χ3v) is 2.51. The molecule has 0 atom stereocenters. The molecule has 0 unspecified atom stereocenters. The highest BCUT2D eigenvalue weighted by Gasteiger charge is 2.17. The van der Waals surface area contributed by atoms with Gasteiger partial charge in [0.05, 0.1) is 19.6 Å². The molecular weight excluding hydrogens is 208 g/mol. The number of aliphatic carboxylic acids is 1. The van der Waals surface area contributed by atoms with Crippen LogP contribution < -0.4 is 9.47 Å². The largest absolute Gasteiger partial charge is 0.494 e. The van der Waals surface area contributed by atoms with Crippen LogP contribution in [0.15, 0.2) is 12.1 Å². The number of benzene rings is 1. The number of fused-ring (bicyclic) bond motifs is 1. The van der Waals surface area contributed by atoms with E-state index in [1.807, 2.05) is 13.0 Å². The number of hydrogen-bond acceptors (Lipinski definition) is 3. The molecule has 16 heavy (non-hydrogen) atoms. The summed E-state index contributed by atoms with van der Waals surface area (Å²) in [5.41, 5.74) is 1.77. The van der Waals surface area contributed by atoms with Crippen LogP contribution in [0, 0.1) is 0 Å². The molecule has 0 radical (unpaired) electrons. The lowest BCUT2D eigenvalue weighted by atomic mass is 10.1. The summed E-state index contributed by atoms with van der Waals surface area (Å²) in [6.07, 6.45) is 0.828. The van der Waals surface area contributed by atoms with Crippen LogP contribution in [-0.4, -0.2) is 24.3 Å². The zero-order valence-electron chi connectivity index (χ0n) is 9.16. The van der Waals surface area contributed by atoms with E-state index in [1.165, 1.54) is 0 Å². The van der Waals surface area contributed by atoms with Gasteiger partial charge in [-0.1, -0.05) is 0 Å². The van der Waals surface area contributed by atoms with Crippen molar-refractivity contribution in [2.24, 2.45) is 0 Å². The zero-order valence-corrected chi connectivity index (χ0v) is 9.16. The Bertz CT molecular complexity index is 412. The molecule has 0 aliphatic carbocycles. The Balaban J connectivity index is 2.36. The third kappa shape index (κ3) is 2.10. The number of carbonyl (C=O) groups is 1. The highest BCUT2D eigenvalue weighted by atomic mass is 16.5. The lowest BCUT2D eigenvalue weighted by Gasteiger charge is -2.10. The van der Waals surface area contributed by atoms with Crippen molar-refractivity contribution >= 4 is 5.97 Å². The van der Waals surface area contributed by atoms with E-state index < -0.39 is 5.97 Å². The lowest BCUT2D eigenvalue weighted by molar-refractivity contribution is -0.136. The maximum atomic E-state index is 10.7. The number of hydrogen-bond donors (Lipinski definition) is 1.